The van der Waals surface area contributed by atoms with Crippen molar-refractivity contribution in [1.29, 1.82) is 0 Å². The van der Waals surface area contributed by atoms with Crippen molar-refractivity contribution >= 4 is 11.7 Å². The largest absolute Gasteiger partial charge is 0.417 e. The molecule has 1 fully saturated rings. The molecule has 3 aromatic rings. The topological polar surface area (TPSA) is 93.1 Å². The molecule has 0 radical (unpaired) electrons. The van der Waals surface area contributed by atoms with Crippen molar-refractivity contribution in [3.63, 3.8) is 0 Å². The smallest absolute Gasteiger partial charge is 0.388 e. The van der Waals surface area contributed by atoms with Gasteiger partial charge in [-0.2, -0.15) is 8.78 Å². The molecule has 11 heteroatoms. The fraction of sp³-hybridized carbons (Fsp3) is 0.400. The van der Waals surface area contributed by atoms with Crippen LogP contribution in [0.5, 0.6) is 5.88 Å². The van der Waals surface area contributed by atoms with Gasteiger partial charge in [0.1, 0.15) is 11.6 Å². The second-order valence-electron chi connectivity index (χ2n) is 9.26. The maximum absolute atomic E-state index is 14.4. The molecule has 1 spiro atoms. The van der Waals surface area contributed by atoms with E-state index in [0.29, 0.717) is 25.3 Å². The Labute approximate surface area is 206 Å². The molecule has 2 atom stereocenters. The van der Waals surface area contributed by atoms with E-state index in [4.69, 9.17) is 4.98 Å². The molecule has 3 aromatic heterocycles. The number of hydrogen-bond acceptors (Lipinski definition) is 7. The zero-order chi connectivity index (χ0) is 25.4. The van der Waals surface area contributed by atoms with E-state index in [-0.39, 0.29) is 17.0 Å². The SMILES string of the molecule is Cc1nc2c(cc1-c1ncccn1)CC[C@@]1(CCN(C(=O)C(C)c3cc(OC(F)F)ncc3F)C1)N2. The van der Waals surface area contributed by atoms with Crippen LogP contribution in [0.15, 0.2) is 36.8 Å². The van der Waals surface area contributed by atoms with Crippen LogP contribution in [0.4, 0.5) is 19.0 Å². The highest BCUT2D eigenvalue weighted by Gasteiger charge is 2.43. The molecule has 1 unspecified atom stereocenters. The first-order valence-corrected chi connectivity index (χ1v) is 11.7. The lowest BCUT2D eigenvalue weighted by atomic mass is 9.86. The summed E-state index contributed by atoms with van der Waals surface area (Å²) in [7, 11) is 0. The van der Waals surface area contributed by atoms with Crippen molar-refractivity contribution in [2.75, 3.05) is 18.4 Å². The second-order valence-corrected chi connectivity index (χ2v) is 9.26. The number of nitrogens with one attached hydrogen (secondary N) is 1. The molecular formula is C25H25F3N6O2. The van der Waals surface area contributed by atoms with E-state index in [9.17, 15) is 18.0 Å². The van der Waals surface area contributed by atoms with Crippen LogP contribution in [0.3, 0.4) is 0 Å². The number of pyridine rings is 2. The van der Waals surface area contributed by atoms with Crippen molar-refractivity contribution in [3.8, 4) is 17.3 Å². The van der Waals surface area contributed by atoms with Crippen LogP contribution < -0.4 is 10.1 Å². The minimum absolute atomic E-state index is 0.0264. The summed E-state index contributed by atoms with van der Waals surface area (Å²) in [4.78, 5) is 31.9. The van der Waals surface area contributed by atoms with Gasteiger partial charge in [-0.05, 0) is 50.8 Å². The quantitative estimate of drug-likeness (QED) is 0.566. The number of hydrogen-bond donors (Lipinski definition) is 1. The summed E-state index contributed by atoms with van der Waals surface area (Å²) in [6.45, 7) is 1.31. The Kier molecular flexibility index (Phi) is 6.23. The highest BCUT2D eigenvalue weighted by atomic mass is 19.3. The van der Waals surface area contributed by atoms with Gasteiger partial charge in [-0.25, -0.2) is 24.3 Å². The first-order valence-electron chi connectivity index (χ1n) is 11.7. The number of likely N-dealkylation sites (tertiary alicyclic amines) is 1. The van der Waals surface area contributed by atoms with Gasteiger partial charge < -0.3 is 15.0 Å². The van der Waals surface area contributed by atoms with Gasteiger partial charge in [0.05, 0.1) is 23.3 Å². The van der Waals surface area contributed by atoms with Crippen molar-refractivity contribution in [1.82, 2.24) is 24.8 Å². The van der Waals surface area contributed by atoms with Crippen molar-refractivity contribution in [2.24, 2.45) is 0 Å². The molecule has 8 nitrogen and oxygen atoms in total. The normalized spacial score (nSPS) is 19.8. The van der Waals surface area contributed by atoms with Crippen LogP contribution in [0.2, 0.25) is 0 Å². The number of amides is 1. The van der Waals surface area contributed by atoms with E-state index < -0.39 is 24.2 Å². The van der Waals surface area contributed by atoms with E-state index in [2.05, 4.69) is 31.1 Å². The predicted molar refractivity (Wildman–Crippen MR) is 125 cm³/mol. The van der Waals surface area contributed by atoms with Gasteiger partial charge in [0, 0.05) is 42.7 Å². The number of ether oxygens (including phenoxy) is 1. The van der Waals surface area contributed by atoms with Gasteiger partial charge in [0.25, 0.3) is 0 Å². The number of fused-ring (bicyclic) bond motifs is 1. The Bertz CT molecular complexity index is 1290. The van der Waals surface area contributed by atoms with Gasteiger partial charge in [-0.15, -0.1) is 0 Å². The number of aromatic nitrogens is 4. The first kappa shape index (κ1) is 24.0. The molecule has 0 aromatic carbocycles. The number of carbonyl (C=O) groups is 1. The number of carbonyl (C=O) groups excluding carboxylic acids is 1. The zero-order valence-electron chi connectivity index (χ0n) is 19.8. The number of anilines is 1. The van der Waals surface area contributed by atoms with Crippen LogP contribution >= 0.6 is 0 Å². The maximum Gasteiger partial charge on any atom is 0.388 e. The average Bonchev–Trinajstić information content (AvgIpc) is 3.27. The summed E-state index contributed by atoms with van der Waals surface area (Å²) in [5.41, 5.74) is 2.39. The summed E-state index contributed by atoms with van der Waals surface area (Å²) >= 11 is 0. The Morgan fingerprint density at radius 3 is 2.72 bits per heavy atom. The summed E-state index contributed by atoms with van der Waals surface area (Å²) in [5, 5.41) is 3.56. The summed E-state index contributed by atoms with van der Waals surface area (Å²) < 4.78 is 43.8. The lowest BCUT2D eigenvalue weighted by Gasteiger charge is -2.36. The Morgan fingerprint density at radius 2 is 1.97 bits per heavy atom. The molecule has 2 aliphatic rings. The van der Waals surface area contributed by atoms with Crippen LogP contribution in [-0.4, -0.2) is 56.0 Å². The highest BCUT2D eigenvalue weighted by Crippen LogP contribution is 2.38. The molecule has 1 saturated heterocycles. The van der Waals surface area contributed by atoms with E-state index in [1.807, 2.05) is 6.92 Å². The van der Waals surface area contributed by atoms with Crippen LogP contribution in [0.1, 0.15) is 42.5 Å². The molecule has 2 aliphatic heterocycles. The molecule has 0 saturated carbocycles. The van der Waals surface area contributed by atoms with Gasteiger partial charge in [-0.3, -0.25) is 4.79 Å². The number of alkyl halides is 2. The van der Waals surface area contributed by atoms with E-state index in [1.54, 1.807) is 30.3 Å². The monoisotopic (exact) mass is 498 g/mol. The minimum Gasteiger partial charge on any atom is -0.417 e. The molecule has 36 heavy (non-hydrogen) atoms. The predicted octanol–water partition coefficient (Wildman–Crippen LogP) is 4.12. The average molecular weight is 499 g/mol. The number of nitrogens with zero attached hydrogens (tertiary/aromatic N) is 5. The molecule has 5 heterocycles. The summed E-state index contributed by atoms with van der Waals surface area (Å²) in [5.74, 6) is -0.918. The van der Waals surface area contributed by atoms with Gasteiger partial charge in [0.15, 0.2) is 5.82 Å². The Hall–Kier alpha value is -3.76. The fourth-order valence-corrected chi connectivity index (χ4v) is 4.99. The highest BCUT2D eigenvalue weighted by molar-refractivity contribution is 5.84. The number of rotatable bonds is 5. The molecule has 0 bridgehead atoms. The second kappa shape index (κ2) is 9.36. The number of halogens is 3. The standard InChI is InChI=1S/C25H25F3N6O2/c1-14(17-11-20(36-24(27)28)31-12-19(17)26)23(35)34-9-6-25(13-34)5-4-16-10-18(15(2)32-21(16)33-25)22-29-7-3-8-30-22/h3,7-8,10-12,14,24H,4-6,9,13H2,1-2H3,(H,32,33)/t14?,25-/m0/s1. The van der Waals surface area contributed by atoms with E-state index in [0.717, 1.165) is 47.7 Å². The van der Waals surface area contributed by atoms with Crippen LogP contribution in [-0.2, 0) is 11.2 Å². The minimum atomic E-state index is -3.09. The van der Waals surface area contributed by atoms with Crippen LogP contribution in [0, 0.1) is 12.7 Å². The van der Waals surface area contributed by atoms with E-state index >= 15 is 0 Å². The lowest BCUT2D eigenvalue weighted by Crippen LogP contribution is -2.46. The third kappa shape index (κ3) is 4.57. The maximum atomic E-state index is 14.4. The molecule has 1 N–H and O–H groups in total. The Morgan fingerprint density at radius 1 is 1.19 bits per heavy atom. The van der Waals surface area contributed by atoms with Gasteiger partial charge in [-0.1, -0.05) is 0 Å². The van der Waals surface area contributed by atoms with Crippen molar-refractivity contribution < 1.29 is 22.7 Å². The van der Waals surface area contributed by atoms with E-state index in [1.165, 1.54) is 0 Å². The van der Waals surface area contributed by atoms with Gasteiger partial charge >= 0.3 is 6.61 Å². The molecule has 188 valence electrons. The third-order valence-electron chi connectivity index (χ3n) is 6.93. The molecule has 0 aliphatic carbocycles. The Balaban J connectivity index is 1.31. The molecular weight excluding hydrogens is 473 g/mol. The summed E-state index contributed by atoms with van der Waals surface area (Å²) in [6.07, 6.45) is 6.49. The molecule has 5 rings (SSSR count). The van der Waals surface area contributed by atoms with Crippen LogP contribution in [0.25, 0.3) is 11.4 Å². The summed E-state index contributed by atoms with van der Waals surface area (Å²) in [6, 6.07) is 4.90. The third-order valence-corrected chi connectivity index (χ3v) is 6.93. The van der Waals surface area contributed by atoms with Crippen molar-refractivity contribution in [2.45, 2.75) is 51.2 Å². The molecule has 1 amide bonds. The van der Waals surface area contributed by atoms with Crippen molar-refractivity contribution in [3.05, 3.63) is 59.4 Å². The fourth-order valence-electron chi connectivity index (χ4n) is 4.99. The lowest BCUT2D eigenvalue weighted by molar-refractivity contribution is -0.131. The van der Waals surface area contributed by atoms with Gasteiger partial charge in [0.2, 0.25) is 11.8 Å². The number of aryl methyl sites for hydroxylation is 2. The zero-order valence-corrected chi connectivity index (χ0v) is 19.8. The first-order chi connectivity index (χ1) is 17.2.